The van der Waals surface area contributed by atoms with Crippen LogP contribution in [0.2, 0.25) is 0 Å². The lowest BCUT2D eigenvalue weighted by Crippen LogP contribution is -1.86. The van der Waals surface area contributed by atoms with Gasteiger partial charge in [-0.15, -0.1) is 6.42 Å². The van der Waals surface area contributed by atoms with Crippen molar-refractivity contribution in [2.24, 2.45) is 0 Å². The van der Waals surface area contributed by atoms with Gasteiger partial charge in [-0.3, -0.25) is 0 Å². The summed E-state index contributed by atoms with van der Waals surface area (Å²) >= 11 is 0. The maximum Gasteiger partial charge on any atom is 0.119 e. The monoisotopic (exact) mass is 208 g/mol. The summed E-state index contributed by atoms with van der Waals surface area (Å²) in [4.78, 5) is 0. The summed E-state index contributed by atoms with van der Waals surface area (Å²) in [5.74, 6) is 3.53. The largest absolute Gasteiger partial charge is 0.497 e. The molecule has 0 fully saturated rings. The van der Waals surface area contributed by atoms with Crippen molar-refractivity contribution in [2.75, 3.05) is 7.11 Å². The van der Waals surface area contributed by atoms with E-state index in [1.54, 1.807) is 7.11 Å². The molecule has 0 spiro atoms. The zero-order valence-corrected chi connectivity index (χ0v) is 9.10. The van der Waals surface area contributed by atoms with Crippen LogP contribution in [0, 0.1) is 12.3 Å². The fourth-order valence-corrected chi connectivity index (χ4v) is 1.65. The molecule has 0 aliphatic carbocycles. The highest BCUT2D eigenvalue weighted by atomic mass is 16.5. The van der Waals surface area contributed by atoms with Gasteiger partial charge in [-0.2, -0.15) is 0 Å². The predicted molar refractivity (Wildman–Crippen MR) is 66.4 cm³/mol. The number of hydrogen-bond donors (Lipinski definition) is 0. The van der Waals surface area contributed by atoms with Gasteiger partial charge in [0.05, 0.1) is 7.11 Å². The van der Waals surface area contributed by atoms with Crippen molar-refractivity contribution in [1.29, 1.82) is 0 Å². The second-order valence-corrected chi connectivity index (χ2v) is 3.42. The molecule has 0 radical (unpaired) electrons. The third-order valence-corrected chi connectivity index (χ3v) is 2.46. The third kappa shape index (κ3) is 1.92. The first-order chi connectivity index (χ1) is 7.85. The Bertz CT molecular complexity index is 535. The van der Waals surface area contributed by atoms with E-state index in [4.69, 9.17) is 11.2 Å². The van der Waals surface area contributed by atoms with Crippen LogP contribution >= 0.6 is 0 Å². The van der Waals surface area contributed by atoms with Gasteiger partial charge in [-0.25, -0.2) is 0 Å². The molecule has 0 amide bonds. The molecule has 0 aliphatic heterocycles. The molecule has 0 N–H and O–H groups in total. The molecule has 1 heteroatoms. The lowest BCUT2D eigenvalue weighted by Gasteiger charge is -2.06. The fourth-order valence-electron chi connectivity index (χ4n) is 1.65. The van der Waals surface area contributed by atoms with Gasteiger partial charge in [-0.1, -0.05) is 36.3 Å². The summed E-state index contributed by atoms with van der Waals surface area (Å²) in [5.41, 5.74) is 3.03. The Morgan fingerprint density at radius 1 is 1.06 bits per heavy atom. The van der Waals surface area contributed by atoms with E-state index in [2.05, 4.69) is 5.92 Å². The summed E-state index contributed by atoms with van der Waals surface area (Å²) in [6.07, 6.45) is 5.48. The number of terminal acetylenes is 1. The molecule has 2 rings (SSSR count). The van der Waals surface area contributed by atoms with Gasteiger partial charge >= 0.3 is 0 Å². The summed E-state index contributed by atoms with van der Waals surface area (Å²) in [6.45, 7) is 0. The zero-order valence-electron chi connectivity index (χ0n) is 9.10. The average molecular weight is 208 g/mol. The van der Waals surface area contributed by atoms with E-state index in [0.29, 0.717) is 0 Å². The summed E-state index contributed by atoms with van der Waals surface area (Å²) in [5, 5.41) is 0. The first-order valence-electron chi connectivity index (χ1n) is 5.05. The van der Waals surface area contributed by atoms with E-state index in [1.165, 1.54) is 0 Å². The minimum atomic E-state index is 0.837. The minimum absolute atomic E-state index is 0.837. The van der Waals surface area contributed by atoms with Crippen molar-refractivity contribution < 1.29 is 4.74 Å². The maximum atomic E-state index is 5.48. The van der Waals surface area contributed by atoms with Gasteiger partial charge in [0.25, 0.3) is 0 Å². The second-order valence-electron chi connectivity index (χ2n) is 3.42. The Morgan fingerprint density at radius 3 is 2.62 bits per heavy atom. The highest BCUT2D eigenvalue weighted by molar-refractivity contribution is 5.71. The van der Waals surface area contributed by atoms with Gasteiger partial charge in [0.15, 0.2) is 0 Å². The van der Waals surface area contributed by atoms with Crippen LogP contribution in [0.25, 0.3) is 11.1 Å². The SMILES string of the molecule is C#Cc1ccccc1-c1cccc(OC)c1. The molecular weight excluding hydrogens is 196 g/mol. The highest BCUT2D eigenvalue weighted by Crippen LogP contribution is 2.26. The van der Waals surface area contributed by atoms with E-state index < -0.39 is 0 Å². The van der Waals surface area contributed by atoms with Crippen molar-refractivity contribution in [2.45, 2.75) is 0 Å². The summed E-state index contributed by atoms with van der Waals surface area (Å²) in [7, 11) is 1.66. The molecule has 0 aliphatic rings. The van der Waals surface area contributed by atoms with E-state index >= 15 is 0 Å². The van der Waals surface area contributed by atoms with Crippen molar-refractivity contribution in [1.82, 2.24) is 0 Å². The Morgan fingerprint density at radius 2 is 1.88 bits per heavy atom. The normalized spacial score (nSPS) is 9.50. The number of methoxy groups -OCH3 is 1. The van der Waals surface area contributed by atoms with Crippen LogP contribution in [0.5, 0.6) is 5.75 Å². The predicted octanol–water partition coefficient (Wildman–Crippen LogP) is 3.34. The molecular formula is C15H12O. The average Bonchev–Trinajstić information content (AvgIpc) is 2.38. The molecule has 0 atom stereocenters. The fraction of sp³-hybridized carbons (Fsp3) is 0.0667. The minimum Gasteiger partial charge on any atom is -0.497 e. The zero-order chi connectivity index (χ0) is 11.4. The van der Waals surface area contributed by atoms with E-state index in [0.717, 1.165) is 22.4 Å². The molecule has 1 nitrogen and oxygen atoms in total. The molecule has 0 bridgehead atoms. The van der Waals surface area contributed by atoms with Gasteiger partial charge in [0.2, 0.25) is 0 Å². The van der Waals surface area contributed by atoms with Crippen LogP contribution in [0.1, 0.15) is 5.56 Å². The van der Waals surface area contributed by atoms with Crippen LogP contribution in [0.3, 0.4) is 0 Å². The lowest BCUT2D eigenvalue weighted by atomic mass is 10.00. The van der Waals surface area contributed by atoms with Gasteiger partial charge < -0.3 is 4.74 Å². The maximum absolute atomic E-state index is 5.48. The quantitative estimate of drug-likeness (QED) is 0.688. The van der Waals surface area contributed by atoms with E-state index in [9.17, 15) is 0 Å². The van der Waals surface area contributed by atoms with Crippen molar-refractivity contribution in [3.63, 3.8) is 0 Å². The molecule has 0 unspecified atom stereocenters. The van der Waals surface area contributed by atoms with Crippen LogP contribution in [0.15, 0.2) is 48.5 Å². The molecule has 0 heterocycles. The molecule has 0 saturated carbocycles. The number of ether oxygens (including phenoxy) is 1. The molecule has 2 aromatic rings. The van der Waals surface area contributed by atoms with Gasteiger partial charge in [0.1, 0.15) is 5.75 Å². The Kier molecular flexibility index (Phi) is 2.93. The second kappa shape index (κ2) is 4.55. The lowest BCUT2D eigenvalue weighted by molar-refractivity contribution is 0.415. The van der Waals surface area contributed by atoms with Crippen LogP contribution in [-0.4, -0.2) is 7.11 Å². The van der Waals surface area contributed by atoms with E-state index in [1.807, 2.05) is 48.5 Å². The first kappa shape index (κ1) is 10.3. The smallest absolute Gasteiger partial charge is 0.119 e. The van der Waals surface area contributed by atoms with Crippen LogP contribution < -0.4 is 4.74 Å². The molecule has 0 saturated heterocycles. The molecule has 2 aromatic carbocycles. The Hall–Kier alpha value is -2.20. The summed E-state index contributed by atoms with van der Waals surface area (Å²) in [6, 6.07) is 15.8. The number of hydrogen-bond acceptors (Lipinski definition) is 1. The highest BCUT2D eigenvalue weighted by Gasteiger charge is 2.03. The molecule has 16 heavy (non-hydrogen) atoms. The van der Waals surface area contributed by atoms with Gasteiger partial charge in [-0.05, 0) is 29.3 Å². The molecule has 0 aromatic heterocycles. The topological polar surface area (TPSA) is 9.23 Å². The standard InChI is InChI=1S/C15H12O/c1-3-12-7-4-5-10-15(12)13-8-6-9-14(11-13)16-2/h1,4-11H,2H3. The van der Waals surface area contributed by atoms with Crippen molar-refractivity contribution >= 4 is 0 Å². The van der Waals surface area contributed by atoms with Crippen molar-refractivity contribution in [3.05, 3.63) is 54.1 Å². The Balaban J connectivity index is 2.55. The van der Waals surface area contributed by atoms with Crippen LogP contribution in [-0.2, 0) is 0 Å². The van der Waals surface area contributed by atoms with Crippen molar-refractivity contribution in [3.8, 4) is 29.2 Å². The number of benzene rings is 2. The molecule has 78 valence electrons. The number of rotatable bonds is 2. The van der Waals surface area contributed by atoms with Crippen LogP contribution in [0.4, 0.5) is 0 Å². The summed E-state index contributed by atoms with van der Waals surface area (Å²) < 4.78 is 5.20. The van der Waals surface area contributed by atoms with Gasteiger partial charge in [0, 0.05) is 5.56 Å². The first-order valence-corrected chi connectivity index (χ1v) is 5.05. The van der Waals surface area contributed by atoms with E-state index in [-0.39, 0.29) is 0 Å². The Labute approximate surface area is 95.7 Å². The third-order valence-electron chi connectivity index (χ3n) is 2.46.